The van der Waals surface area contributed by atoms with Crippen LogP contribution in [0.25, 0.3) is 0 Å². The van der Waals surface area contributed by atoms with Crippen molar-refractivity contribution in [1.29, 1.82) is 0 Å². The summed E-state index contributed by atoms with van der Waals surface area (Å²) in [7, 11) is 0. The van der Waals surface area contributed by atoms with E-state index in [1.807, 2.05) is 0 Å². The molecular weight excluding hydrogens is 224 g/mol. The lowest BCUT2D eigenvalue weighted by atomic mass is 10.1. The lowest BCUT2D eigenvalue weighted by Crippen LogP contribution is -2.48. The number of rotatable bonds is 5. The predicted molar refractivity (Wildman–Crippen MR) is 76.0 cm³/mol. The Balaban J connectivity index is 1.81. The second-order valence-electron chi connectivity index (χ2n) is 5.08. The van der Waals surface area contributed by atoms with E-state index in [1.165, 1.54) is 5.69 Å². The largest absolute Gasteiger partial charge is 0.396 e. The van der Waals surface area contributed by atoms with Crippen LogP contribution in [0.1, 0.15) is 13.3 Å². The molecule has 2 rings (SSSR count). The van der Waals surface area contributed by atoms with Crippen LogP contribution in [0, 0.1) is 5.92 Å². The van der Waals surface area contributed by atoms with Crippen LogP contribution in [0.15, 0.2) is 30.3 Å². The number of piperazine rings is 1. The van der Waals surface area contributed by atoms with Crippen molar-refractivity contribution >= 4 is 5.69 Å². The Morgan fingerprint density at radius 1 is 1.11 bits per heavy atom. The van der Waals surface area contributed by atoms with Gasteiger partial charge in [0.05, 0.1) is 0 Å². The van der Waals surface area contributed by atoms with E-state index in [1.54, 1.807) is 0 Å². The third-order valence-corrected chi connectivity index (χ3v) is 3.85. The fraction of sp³-hybridized carbons (Fsp3) is 0.600. The number of hydrogen-bond donors (Lipinski definition) is 1. The van der Waals surface area contributed by atoms with E-state index in [2.05, 4.69) is 47.1 Å². The minimum atomic E-state index is 0.315. The summed E-state index contributed by atoms with van der Waals surface area (Å²) in [5.41, 5.74) is 1.33. The number of para-hydroxylation sites is 1. The van der Waals surface area contributed by atoms with Gasteiger partial charge < -0.3 is 10.0 Å². The Morgan fingerprint density at radius 3 is 2.33 bits per heavy atom. The highest BCUT2D eigenvalue weighted by Gasteiger charge is 2.19. The van der Waals surface area contributed by atoms with Gasteiger partial charge in [-0.15, -0.1) is 0 Å². The fourth-order valence-electron chi connectivity index (χ4n) is 2.51. The quantitative estimate of drug-likeness (QED) is 0.861. The molecule has 1 aromatic carbocycles. The zero-order chi connectivity index (χ0) is 12.8. The highest BCUT2D eigenvalue weighted by atomic mass is 16.3. The molecule has 0 aromatic heterocycles. The maximum absolute atomic E-state index is 9.25. The van der Waals surface area contributed by atoms with Crippen LogP contribution < -0.4 is 4.90 Å². The van der Waals surface area contributed by atoms with E-state index < -0.39 is 0 Å². The zero-order valence-electron chi connectivity index (χ0n) is 11.3. The highest BCUT2D eigenvalue weighted by molar-refractivity contribution is 5.46. The van der Waals surface area contributed by atoms with Gasteiger partial charge in [-0.3, -0.25) is 4.90 Å². The zero-order valence-corrected chi connectivity index (χ0v) is 11.3. The molecule has 1 N–H and O–H groups in total. The second-order valence-corrected chi connectivity index (χ2v) is 5.08. The van der Waals surface area contributed by atoms with Crippen LogP contribution in [0.4, 0.5) is 5.69 Å². The standard InChI is InChI=1S/C15H24N2O/c1-2-14(13-18)12-16-8-10-17(11-9-16)15-6-4-3-5-7-15/h3-7,14,18H,2,8-13H2,1H3. The lowest BCUT2D eigenvalue weighted by Gasteiger charge is -2.37. The molecule has 0 amide bonds. The van der Waals surface area contributed by atoms with Crippen LogP contribution in [0.3, 0.4) is 0 Å². The number of benzene rings is 1. The Bertz CT molecular complexity index is 330. The molecule has 0 spiro atoms. The molecule has 1 unspecified atom stereocenters. The summed E-state index contributed by atoms with van der Waals surface area (Å²) in [6, 6.07) is 10.6. The van der Waals surface area contributed by atoms with Gasteiger partial charge in [0.1, 0.15) is 0 Å². The Kier molecular flexibility index (Phi) is 5.02. The molecule has 1 saturated heterocycles. The van der Waals surface area contributed by atoms with E-state index in [0.29, 0.717) is 12.5 Å². The van der Waals surface area contributed by atoms with Gasteiger partial charge in [-0.1, -0.05) is 25.1 Å². The number of nitrogens with zero attached hydrogens (tertiary/aromatic N) is 2. The van der Waals surface area contributed by atoms with Crippen molar-refractivity contribution in [2.24, 2.45) is 5.92 Å². The van der Waals surface area contributed by atoms with E-state index in [-0.39, 0.29) is 0 Å². The second kappa shape index (κ2) is 6.76. The van der Waals surface area contributed by atoms with Crippen molar-refractivity contribution in [3.05, 3.63) is 30.3 Å². The Labute approximate surface area is 110 Å². The first-order valence-corrected chi connectivity index (χ1v) is 6.96. The van der Waals surface area contributed by atoms with Crippen molar-refractivity contribution in [3.8, 4) is 0 Å². The first kappa shape index (κ1) is 13.4. The minimum Gasteiger partial charge on any atom is -0.396 e. The molecule has 1 fully saturated rings. The molecule has 1 aliphatic rings. The number of hydrogen-bond acceptors (Lipinski definition) is 3. The molecule has 1 aliphatic heterocycles. The predicted octanol–water partition coefficient (Wildman–Crippen LogP) is 1.83. The van der Waals surface area contributed by atoms with Crippen molar-refractivity contribution < 1.29 is 5.11 Å². The summed E-state index contributed by atoms with van der Waals surface area (Å²) >= 11 is 0. The molecular formula is C15H24N2O. The van der Waals surface area contributed by atoms with E-state index in [9.17, 15) is 5.11 Å². The van der Waals surface area contributed by atoms with Gasteiger partial charge in [0, 0.05) is 45.0 Å². The number of aliphatic hydroxyl groups excluding tert-OH is 1. The van der Waals surface area contributed by atoms with Crippen molar-refractivity contribution in [2.45, 2.75) is 13.3 Å². The van der Waals surface area contributed by atoms with Crippen LogP contribution in [0.5, 0.6) is 0 Å². The lowest BCUT2D eigenvalue weighted by molar-refractivity contribution is 0.155. The molecule has 0 radical (unpaired) electrons. The molecule has 1 atom stereocenters. The fourth-order valence-corrected chi connectivity index (χ4v) is 2.51. The van der Waals surface area contributed by atoms with Crippen LogP contribution in [0.2, 0.25) is 0 Å². The monoisotopic (exact) mass is 248 g/mol. The van der Waals surface area contributed by atoms with Gasteiger partial charge in [-0.2, -0.15) is 0 Å². The average Bonchev–Trinajstić information content (AvgIpc) is 2.46. The summed E-state index contributed by atoms with van der Waals surface area (Å²) in [5, 5.41) is 9.25. The summed E-state index contributed by atoms with van der Waals surface area (Å²) < 4.78 is 0. The molecule has 3 heteroatoms. The van der Waals surface area contributed by atoms with E-state index in [4.69, 9.17) is 0 Å². The first-order chi connectivity index (χ1) is 8.83. The summed E-state index contributed by atoms with van der Waals surface area (Å²) in [6.45, 7) is 7.89. The Morgan fingerprint density at radius 2 is 1.78 bits per heavy atom. The first-order valence-electron chi connectivity index (χ1n) is 6.96. The normalized spacial score (nSPS) is 18.9. The third kappa shape index (κ3) is 3.47. The molecule has 0 bridgehead atoms. The average molecular weight is 248 g/mol. The van der Waals surface area contributed by atoms with Gasteiger partial charge in [-0.25, -0.2) is 0 Å². The van der Waals surface area contributed by atoms with Gasteiger partial charge in [0.2, 0.25) is 0 Å². The maximum atomic E-state index is 9.25. The summed E-state index contributed by atoms with van der Waals surface area (Å²) in [6.07, 6.45) is 1.06. The van der Waals surface area contributed by atoms with E-state index in [0.717, 1.165) is 39.1 Å². The number of anilines is 1. The molecule has 0 saturated carbocycles. The molecule has 3 nitrogen and oxygen atoms in total. The maximum Gasteiger partial charge on any atom is 0.0471 e. The van der Waals surface area contributed by atoms with Gasteiger partial charge in [0.15, 0.2) is 0 Å². The molecule has 18 heavy (non-hydrogen) atoms. The Hall–Kier alpha value is -1.06. The highest BCUT2D eigenvalue weighted by Crippen LogP contribution is 2.16. The van der Waals surface area contributed by atoms with Gasteiger partial charge >= 0.3 is 0 Å². The molecule has 100 valence electrons. The van der Waals surface area contributed by atoms with Crippen LogP contribution >= 0.6 is 0 Å². The third-order valence-electron chi connectivity index (χ3n) is 3.85. The van der Waals surface area contributed by atoms with Gasteiger partial charge in [-0.05, 0) is 24.5 Å². The van der Waals surface area contributed by atoms with Crippen LogP contribution in [-0.2, 0) is 0 Å². The smallest absolute Gasteiger partial charge is 0.0471 e. The molecule has 1 aromatic rings. The molecule has 0 aliphatic carbocycles. The summed E-state index contributed by atoms with van der Waals surface area (Å²) in [5.74, 6) is 0.438. The van der Waals surface area contributed by atoms with Gasteiger partial charge in [0.25, 0.3) is 0 Å². The minimum absolute atomic E-state index is 0.315. The van der Waals surface area contributed by atoms with Crippen molar-refractivity contribution in [1.82, 2.24) is 4.90 Å². The molecule has 1 heterocycles. The van der Waals surface area contributed by atoms with E-state index >= 15 is 0 Å². The van der Waals surface area contributed by atoms with Crippen molar-refractivity contribution in [2.75, 3.05) is 44.2 Å². The topological polar surface area (TPSA) is 26.7 Å². The van der Waals surface area contributed by atoms with Crippen molar-refractivity contribution in [3.63, 3.8) is 0 Å². The van der Waals surface area contributed by atoms with Crippen LogP contribution in [-0.4, -0.2) is 49.3 Å². The summed E-state index contributed by atoms with van der Waals surface area (Å²) in [4.78, 5) is 4.92. The SMILES string of the molecule is CCC(CO)CN1CCN(c2ccccc2)CC1. The number of aliphatic hydroxyl groups is 1.